The molecule has 10 nitrogen and oxygen atoms in total. The Bertz CT molecular complexity index is 2110. The molecule has 0 saturated heterocycles. The summed E-state index contributed by atoms with van der Waals surface area (Å²) in [7, 11) is 1.56. The Morgan fingerprint density at radius 2 is 1.81 bits per heavy atom. The largest absolute Gasteiger partial charge is 0.481 e. The second-order valence-electron chi connectivity index (χ2n) is 13.1. The molecule has 2 bridgehead atoms. The molecule has 2 N–H and O–H groups in total. The average molecular weight is 638 g/mol. The van der Waals surface area contributed by atoms with Crippen molar-refractivity contribution in [3.8, 4) is 18.0 Å². The monoisotopic (exact) mass is 637 g/mol. The number of ether oxygens (including phenoxy) is 1. The summed E-state index contributed by atoms with van der Waals surface area (Å²) in [4.78, 5) is 8.70. The number of halogens is 3. The SMILES string of the molecule is COc1nccc2c(C(Nc3cc(C#N)c4ncc(C#N)c(NCC(C)(C)C(F)(F)F)c4c3)c3cn(C45CC(C4)C5)nn3)cccc12. The van der Waals surface area contributed by atoms with E-state index in [9.17, 15) is 23.7 Å². The number of nitriles is 2. The number of benzene rings is 2. The van der Waals surface area contributed by atoms with Gasteiger partial charge in [-0.25, -0.2) is 9.67 Å². The molecule has 3 aliphatic rings. The lowest BCUT2D eigenvalue weighted by molar-refractivity contribution is -0.206. The molecule has 3 aliphatic carbocycles. The number of hydrogen-bond acceptors (Lipinski definition) is 9. The minimum absolute atomic E-state index is 0.00736. The Hall–Kier alpha value is -5.43. The number of aromatic nitrogens is 5. The topological polar surface area (TPSA) is 137 Å². The summed E-state index contributed by atoms with van der Waals surface area (Å²) in [6.45, 7) is 1.68. The molecule has 0 radical (unpaired) electrons. The van der Waals surface area contributed by atoms with Gasteiger partial charge in [0, 0.05) is 35.4 Å². The van der Waals surface area contributed by atoms with Crippen LogP contribution in [-0.2, 0) is 5.54 Å². The lowest BCUT2D eigenvalue weighted by atomic mass is 9.50. The number of methoxy groups -OCH3 is 1. The van der Waals surface area contributed by atoms with Gasteiger partial charge < -0.3 is 15.4 Å². The van der Waals surface area contributed by atoms with Crippen LogP contribution in [-0.4, -0.2) is 44.8 Å². The number of anilines is 2. The number of alkyl halides is 3. The van der Waals surface area contributed by atoms with Gasteiger partial charge in [-0.05, 0) is 74.2 Å². The first-order valence-electron chi connectivity index (χ1n) is 15.2. The highest BCUT2D eigenvalue weighted by molar-refractivity contribution is 5.99. The van der Waals surface area contributed by atoms with E-state index in [4.69, 9.17) is 4.74 Å². The van der Waals surface area contributed by atoms with Crippen LogP contribution in [0.5, 0.6) is 5.88 Å². The molecule has 8 rings (SSSR count). The fraction of sp³-hybridized carbons (Fsp3) is 0.353. The molecule has 0 spiro atoms. The van der Waals surface area contributed by atoms with Crippen LogP contribution in [0.4, 0.5) is 24.5 Å². The second kappa shape index (κ2) is 10.8. The number of fused-ring (bicyclic) bond motifs is 2. The van der Waals surface area contributed by atoms with Gasteiger partial charge in [-0.3, -0.25) is 4.98 Å². The van der Waals surface area contributed by atoms with Crippen LogP contribution in [0.1, 0.15) is 61.5 Å². The standard InChI is InChI=1S/C34H30F3N9O/c1-32(2,34(35,36)37)18-42-29-21(15-39)16-41-28-20(14-38)9-22(10-26(28)29)43-30(27-17-46(45-44-27)33-11-19(12-33)13-33)24-5-4-6-25-23(24)7-8-40-31(25)47-3/h4-10,16-17,19,30,43H,11-13,18H2,1-3H3,(H,41,42). The van der Waals surface area contributed by atoms with Crippen LogP contribution in [0.15, 0.2) is 55.0 Å². The van der Waals surface area contributed by atoms with E-state index >= 15 is 0 Å². The number of nitrogens with one attached hydrogen (secondary N) is 2. The Balaban J connectivity index is 1.36. The number of pyridine rings is 2. The third-order valence-corrected chi connectivity index (χ3v) is 9.60. The van der Waals surface area contributed by atoms with Gasteiger partial charge in [-0.1, -0.05) is 17.3 Å². The maximum atomic E-state index is 13.7. The smallest absolute Gasteiger partial charge is 0.395 e. The van der Waals surface area contributed by atoms with E-state index in [1.807, 2.05) is 41.2 Å². The van der Waals surface area contributed by atoms with Crippen molar-refractivity contribution in [2.75, 3.05) is 24.3 Å². The Kier molecular flexibility index (Phi) is 6.97. The molecule has 1 unspecified atom stereocenters. The Morgan fingerprint density at radius 3 is 2.47 bits per heavy atom. The van der Waals surface area contributed by atoms with Crippen LogP contribution in [0.3, 0.4) is 0 Å². The van der Waals surface area contributed by atoms with Gasteiger partial charge in [0.15, 0.2) is 0 Å². The molecule has 3 heterocycles. The lowest BCUT2D eigenvalue weighted by Crippen LogP contribution is -2.59. The third kappa shape index (κ3) is 4.94. The number of hydrogen-bond donors (Lipinski definition) is 2. The van der Waals surface area contributed by atoms with E-state index in [0.29, 0.717) is 22.6 Å². The van der Waals surface area contributed by atoms with Crippen LogP contribution >= 0.6 is 0 Å². The highest BCUT2D eigenvalue weighted by atomic mass is 19.4. The molecule has 47 heavy (non-hydrogen) atoms. The van der Waals surface area contributed by atoms with Gasteiger partial charge in [0.1, 0.15) is 17.8 Å². The molecule has 5 aromatic rings. The summed E-state index contributed by atoms with van der Waals surface area (Å²) in [6, 6.07) is 14.6. The van der Waals surface area contributed by atoms with Gasteiger partial charge >= 0.3 is 6.18 Å². The summed E-state index contributed by atoms with van der Waals surface area (Å²) >= 11 is 0. The first-order valence-corrected chi connectivity index (χ1v) is 15.2. The third-order valence-electron chi connectivity index (χ3n) is 9.60. The zero-order valence-electron chi connectivity index (χ0n) is 25.9. The molecule has 238 valence electrons. The number of nitrogens with zero attached hydrogens (tertiary/aromatic N) is 7. The summed E-state index contributed by atoms with van der Waals surface area (Å²) in [5, 5.41) is 37.5. The van der Waals surface area contributed by atoms with Crippen molar-refractivity contribution in [2.24, 2.45) is 11.3 Å². The molecule has 0 aliphatic heterocycles. The zero-order chi connectivity index (χ0) is 33.1. The average Bonchev–Trinajstić information content (AvgIpc) is 3.48. The maximum absolute atomic E-state index is 13.7. The summed E-state index contributed by atoms with van der Waals surface area (Å²) in [5.41, 5.74) is 0.561. The van der Waals surface area contributed by atoms with E-state index < -0.39 is 24.2 Å². The van der Waals surface area contributed by atoms with Crippen molar-refractivity contribution < 1.29 is 17.9 Å². The predicted octanol–water partition coefficient (Wildman–Crippen LogP) is 6.84. The van der Waals surface area contributed by atoms with Crippen molar-refractivity contribution >= 4 is 33.1 Å². The molecule has 0 amide bonds. The van der Waals surface area contributed by atoms with Gasteiger partial charge in [-0.2, -0.15) is 23.7 Å². The molecule has 13 heteroatoms. The Morgan fingerprint density at radius 1 is 1.04 bits per heavy atom. The first-order chi connectivity index (χ1) is 22.5. The van der Waals surface area contributed by atoms with E-state index in [0.717, 1.165) is 55.4 Å². The van der Waals surface area contributed by atoms with Gasteiger partial charge in [0.2, 0.25) is 5.88 Å². The van der Waals surface area contributed by atoms with Crippen LogP contribution in [0.2, 0.25) is 0 Å². The molecule has 3 saturated carbocycles. The van der Waals surface area contributed by atoms with Crippen molar-refractivity contribution in [3.05, 3.63) is 77.4 Å². The van der Waals surface area contributed by atoms with E-state index in [1.54, 1.807) is 25.4 Å². The minimum atomic E-state index is -4.49. The first kappa shape index (κ1) is 30.2. The van der Waals surface area contributed by atoms with Crippen LogP contribution < -0.4 is 15.4 Å². The second-order valence-corrected chi connectivity index (χ2v) is 13.1. The van der Waals surface area contributed by atoms with Crippen LogP contribution in [0.25, 0.3) is 21.7 Å². The highest BCUT2D eigenvalue weighted by Gasteiger charge is 2.59. The van der Waals surface area contributed by atoms with Gasteiger partial charge in [0.05, 0.1) is 52.6 Å². The lowest BCUT2D eigenvalue weighted by Gasteiger charge is -2.61. The van der Waals surface area contributed by atoms with E-state index in [2.05, 4.69) is 37.0 Å². The molecule has 3 aromatic heterocycles. The fourth-order valence-corrected chi connectivity index (χ4v) is 6.61. The minimum Gasteiger partial charge on any atom is -0.481 e. The van der Waals surface area contributed by atoms with E-state index in [-0.39, 0.29) is 27.9 Å². The number of rotatable bonds is 9. The summed E-state index contributed by atoms with van der Waals surface area (Å²) < 4.78 is 48.7. The molecule has 1 atom stereocenters. The summed E-state index contributed by atoms with van der Waals surface area (Å²) in [5.74, 6) is 1.21. The normalized spacial score (nSPS) is 19.3. The summed E-state index contributed by atoms with van der Waals surface area (Å²) in [6.07, 6.45) is 3.64. The maximum Gasteiger partial charge on any atom is 0.395 e. The van der Waals surface area contributed by atoms with Gasteiger partial charge in [-0.15, -0.1) is 5.10 Å². The van der Waals surface area contributed by atoms with Crippen molar-refractivity contribution in [1.82, 2.24) is 25.0 Å². The quantitative estimate of drug-likeness (QED) is 0.178. The van der Waals surface area contributed by atoms with Gasteiger partial charge in [0.25, 0.3) is 0 Å². The van der Waals surface area contributed by atoms with Crippen molar-refractivity contribution in [1.29, 1.82) is 10.5 Å². The van der Waals surface area contributed by atoms with Crippen molar-refractivity contribution in [3.63, 3.8) is 0 Å². The predicted molar refractivity (Wildman–Crippen MR) is 169 cm³/mol. The molecule has 3 fully saturated rings. The zero-order valence-corrected chi connectivity index (χ0v) is 25.9. The fourth-order valence-electron chi connectivity index (χ4n) is 6.61. The Labute approximate surface area is 268 Å². The van der Waals surface area contributed by atoms with E-state index in [1.165, 1.54) is 6.20 Å². The highest BCUT2D eigenvalue weighted by Crippen LogP contribution is 2.62. The molecular weight excluding hydrogens is 607 g/mol. The van der Waals surface area contributed by atoms with Crippen molar-refractivity contribution in [2.45, 2.75) is 50.9 Å². The van der Waals surface area contributed by atoms with Crippen LogP contribution in [0, 0.1) is 34.0 Å². The molecule has 2 aromatic carbocycles. The molecular formula is C34H30F3N9O.